The molecule has 0 amide bonds. The molecule has 87 valence electrons. The standard InChI is InChI=1S/C13H26N.Ac/c1-5-11(6-2)13(14)12-8-9(3)7-10(12)4;/h9-14H,5-8H2,1-4H3;/q-1;. The Balaban J connectivity index is 0.00000196. The minimum absolute atomic E-state index is 0. The van der Waals surface area contributed by atoms with Gasteiger partial charge in [0.25, 0.3) is 0 Å². The fraction of sp³-hybridized carbons (Fsp3) is 1.00. The molecule has 1 saturated carbocycles. The second kappa shape index (κ2) is 7.67. The van der Waals surface area contributed by atoms with E-state index in [-0.39, 0.29) is 50.1 Å². The molecule has 1 radical (unpaired) electrons. The summed E-state index contributed by atoms with van der Waals surface area (Å²) in [5, 5.41) is 0. The van der Waals surface area contributed by atoms with Crippen molar-refractivity contribution in [3.05, 3.63) is 5.73 Å². The van der Waals surface area contributed by atoms with Crippen LogP contribution in [-0.4, -0.2) is 6.04 Å². The van der Waals surface area contributed by atoms with E-state index in [0.717, 1.165) is 11.8 Å². The molecule has 0 bridgehead atoms. The molecule has 0 saturated heterocycles. The minimum Gasteiger partial charge on any atom is -0.674 e. The second-order valence-corrected chi connectivity index (χ2v) is 5.32. The van der Waals surface area contributed by atoms with Crippen molar-refractivity contribution in [1.29, 1.82) is 0 Å². The molecule has 2 heteroatoms. The molecular weight excluding hydrogens is 397 g/mol. The molecule has 0 aromatic rings. The van der Waals surface area contributed by atoms with Gasteiger partial charge in [0.15, 0.2) is 0 Å². The molecule has 1 aliphatic carbocycles. The molecule has 0 aliphatic heterocycles. The third-order valence-electron chi connectivity index (χ3n) is 4.20. The topological polar surface area (TPSA) is 23.8 Å². The average molecular weight is 423 g/mol. The molecular formula is C13H26AcN-. The molecule has 1 N–H and O–H groups in total. The average Bonchev–Trinajstić information content (AvgIpc) is 2.47. The van der Waals surface area contributed by atoms with Gasteiger partial charge in [-0.2, -0.15) is 0 Å². The zero-order chi connectivity index (χ0) is 10.7. The molecule has 1 fully saturated rings. The van der Waals surface area contributed by atoms with Crippen LogP contribution in [0.3, 0.4) is 0 Å². The van der Waals surface area contributed by atoms with E-state index in [1.807, 2.05) is 0 Å². The Morgan fingerprint density at radius 1 is 1.13 bits per heavy atom. The Bertz CT molecular complexity index is 168. The van der Waals surface area contributed by atoms with Crippen molar-refractivity contribution in [2.45, 2.75) is 59.4 Å². The molecule has 1 rings (SSSR count). The van der Waals surface area contributed by atoms with Crippen molar-refractivity contribution in [2.24, 2.45) is 23.7 Å². The van der Waals surface area contributed by atoms with Crippen molar-refractivity contribution in [3.8, 4) is 0 Å². The van der Waals surface area contributed by atoms with Crippen LogP contribution in [0.15, 0.2) is 0 Å². The summed E-state index contributed by atoms with van der Waals surface area (Å²) in [6.45, 7) is 9.16. The molecule has 1 nitrogen and oxygen atoms in total. The third-order valence-corrected chi connectivity index (χ3v) is 4.20. The number of rotatable bonds is 4. The van der Waals surface area contributed by atoms with Crippen LogP contribution in [0, 0.1) is 67.7 Å². The first-order valence-electron chi connectivity index (χ1n) is 6.31. The number of hydrogen-bond donors (Lipinski definition) is 0. The van der Waals surface area contributed by atoms with Crippen LogP contribution < -0.4 is 0 Å². The van der Waals surface area contributed by atoms with Gasteiger partial charge in [0.1, 0.15) is 0 Å². The van der Waals surface area contributed by atoms with Gasteiger partial charge in [0, 0.05) is 44.1 Å². The molecule has 0 aromatic heterocycles. The summed E-state index contributed by atoms with van der Waals surface area (Å²) < 4.78 is 0. The van der Waals surface area contributed by atoms with Crippen molar-refractivity contribution in [3.63, 3.8) is 0 Å². The molecule has 0 aromatic carbocycles. The van der Waals surface area contributed by atoms with Crippen molar-refractivity contribution < 1.29 is 44.1 Å². The zero-order valence-corrected chi connectivity index (χ0v) is 15.5. The van der Waals surface area contributed by atoms with Gasteiger partial charge in [-0.3, -0.25) is 0 Å². The quantitative estimate of drug-likeness (QED) is 0.635. The van der Waals surface area contributed by atoms with E-state index in [9.17, 15) is 0 Å². The third kappa shape index (κ3) is 4.29. The fourth-order valence-corrected chi connectivity index (χ4v) is 3.25. The Morgan fingerprint density at radius 2 is 1.67 bits per heavy atom. The minimum atomic E-state index is 0. The molecule has 15 heavy (non-hydrogen) atoms. The van der Waals surface area contributed by atoms with Gasteiger partial charge >= 0.3 is 0 Å². The van der Waals surface area contributed by atoms with E-state index in [2.05, 4.69) is 27.7 Å². The number of nitrogens with one attached hydrogen (secondary N) is 1. The Morgan fingerprint density at radius 3 is 2.00 bits per heavy atom. The van der Waals surface area contributed by atoms with Crippen LogP contribution in [0.5, 0.6) is 0 Å². The van der Waals surface area contributed by atoms with Crippen LogP contribution in [0.4, 0.5) is 0 Å². The van der Waals surface area contributed by atoms with E-state index in [1.165, 1.54) is 25.7 Å². The Hall–Kier alpha value is 1.40. The van der Waals surface area contributed by atoms with Crippen LogP contribution >= 0.6 is 0 Å². The summed E-state index contributed by atoms with van der Waals surface area (Å²) in [6, 6.07) is 0.199. The maximum absolute atomic E-state index is 8.35. The van der Waals surface area contributed by atoms with E-state index >= 15 is 0 Å². The Kier molecular flexibility index (Phi) is 8.39. The fourth-order valence-electron chi connectivity index (χ4n) is 3.25. The first-order valence-corrected chi connectivity index (χ1v) is 6.31. The van der Waals surface area contributed by atoms with Gasteiger partial charge < -0.3 is 5.73 Å². The summed E-state index contributed by atoms with van der Waals surface area (Å²) in [5.74, 6) is 2.95. The number of hydrogen-bond acceptors (Lipinski definition) is 0. The van der Waals surface area contributed by atoms with Crippen molar-refractivity contribution >= 4 is 0 Å². The molecule has 4 atom stereocenters. The normalized spacial score (nSPS) is 32.8. The Labute approximate surface area is 132 Å². The van der Waals surface area contributed by atoms with Crippen LogP contribution in [0.25, 0.3) is 5.73 Å². The van der Waals surface area contributed by atoms with Gasteiger partial charge in [0.05, 0.1) is 0 Å². The second-order valence-electron chi connectivity index (χ2n) is 5.32. The van der Waals surface area contributed by atoms with Gasteiger partial charge in [-0.25, -0.2) is 0 Å². The van der Waals surface area contributed by atoms with E-state index in [4.69, 9.17) is 5.73 Å². The predicted octanol–water partition coefficient (Wildman–Crippen LogP) is 4.53. The first kappa shape index (κ1) is 16.4. The van der Waals surface area contributed by atoms with Crippen LogP contribution in [0.2, 0.25) is 0 Å². The van der Waals surface area contributed by atoms with Gasteiger partial charge in [-0.1, -0.05) is 52.4 Å². The van der Waals surface area contributed by atoms with Crippen molar-refractivity contribution in [2.75, 3.05) is 0 Å². The summed E-state index contributed by atoms with van der Waals surface area (Å²) >= 11 is 0. The summed E-state index contributed by atoms with van der Waals surface area (Å²) in [4.78, 5) is 0. The van der Waals surface area contributed by atoms with Gasteiger partial charge in [0.2, 0.25) is 0 Å². The van der Waals surface area contributed by atoms with Crippen molar-refractivity contribution in [1.82, 2.24) is 0 Å². The van der Waals surface area contributed by atoms with Crippen LogP contribution in [0.1, 0.15) is 53.4 Å². The van der Waals surface area contributed by atoms with E-state index in [0.29, 0.717) is 11.8 Å². The molecule has 0 heterocycles. The van der Waals surface area contributed by atoms with E-state index in [1.54, 1.807) is 0 Å². The molecule has 4 unspecified atom stereocenters. The smallest absolute Gasteiger partial charge is 0 e. The maximum atomic E-state index is 8.35. The van der Waals surface area contributed by atoms with Gasteiger partial charge in [-0.15, -0.1) is 6.04 Å². The summed E-state index contributed by atoms with van der Waals surface area (Å²) in [6.07, 6.45) is 5.01. The van der Waals surface area contributed by atoms with E-state index < -0.39 is 0 Å². The predicted molar refractivity (Wildman–Crippen MR) is 63.2 cm³/mol. The monoisotopic (exact) mass is 423 g/mol. The maximum Gasteiger partial charge on any atom is 0 e. The SMILES string of the molecule is CCC(CC)C([NH-])C1CC(C)CC1C.[Ac]. The van der Waals surface area contributed by atoms with Gasteiger partial charge in [-0.05, 0) is 24.7 Å². The van der Waals surface area contributed by atoms with Crippen LogP contribution in [-0.2, 0) is 0 Å². The largest absolute Gasteiger partial charge is 0.674 e. The molecule has 1 aliphatic rings. The first-order chi connectivity index (χ1) is 6.60. The summed E-state index contributed by atoms with van der Waals surface area (Å²) in [7, 11) is 0. The summed E-state index contributed by atoms with van der Waals surface area (Å²) in [5.41, 5.74) is 8.35. The molecule has 0 spiro atoms. The zero-order valence-electron chi connectivity index (χ0n) is 10.8.